The summed E-state index contributed by atoms with van der Waals surface area (Å²) in [6.45, 7) is 0.623. The van der Waals surface area contributed by atoms with E-state index in [1.165, 1.54) is 11.8 Å². The van der Waals surface area contributed by atoms with E-state index >= 15 is 0 Å². The van der Waals surface area contributed by atoms with Crippen molar-refractivity contribution < 1.29 is 8.42 Å². The molecule has 86 valence electrons. The average Bonchev–Trinajstić information content (AvgIpc) is 2.85. The van der Waals surface area contributed by atoms with Crippen molar-refractivity contribution in [3.05, 3.63) is 28.2 Å². The first-order chi connectivity index (χ1) is 7.42. The highest BCUT2D eigenvalue weighted by Crippen LogP contribution is 2.57. The van der Waals surface area contributed by atoms with Crippen molar-refractivity contribution in [3.8, 4) is 0 Å². The molecule has 0 bridgehead atoms. The van der Waals surface area contributed by atoms with Crippen LogP contribution in [0.3, 0.4) is 0 Å². The van der Waals surface area contributed by atoms with Crippen LogP contribution in [-0.4, -0.2) is 21.2 Å². The van der Waals surface area contributed by atoms with Gasteiger partial charge in [-0.25, -0.2) is 8.42 Å². The van der Waals surface area contributed by atoms with Gasteiger partial charge in [-0.3, -0.25) is 4.31 Å². The largest absolute Gasteiger partial charge is 0.269 e. The van der Waals surface area contributed by atoms with E-state index < -0.39 is 10.0 Å². The Labute approximate surface area is 104 Å². The molecule has 1 spiro atoms. The summed E-state index contributed by atoms with van der Waals surface area (Å²) in [5.41, 5.74) is 2.18. The van der Waals surface area contributed by atoms with Crippen molar-refractivity contribution in [2.75, 3.05) is 17.1 Å². The van der Waals surface area contributed by atoms with E-state index in [1.807, 2.05) is 12.1 Å². The van der Waals surface area contributed by atoms with Crippen LogP contribution in [0.15, 0.2) is 22.7 Å². The summed E-state index contributed by atoms with van der Waals surface area (Å²) >= 11 is 3.40. The van der Waals surface area contributed by atoms with E-state index in [2.05, 4.69) is 22.0 Å². The van der Waals surface area contributed by atoms with Crippen LogP contribution in [0.25, 0.3) is 0 Å². The molecule has 0 unspecified atom stereocenters. The molecule has 0 aromatic heterocycles. The lowest BCUT2D eigenvalue weighted by atomic mass is 9.99. The second-order valence-electron chi connectivity index (χ2n) is 4.71. The minimum absolute atomic E-state index is 0.124. The molecule has 0 radical (unpaired) electrons. The lowest BCUT2D eigenvalue weighted by molar-refractivity contribution is 0.594. The molecule has 1 aliphatic carbocycles. The molecule has 0 saturated heterocycles. The first-order valence-electron chi connectivity index (χ1n) is 5.20. The van der Waals surface area contributed by atoms with Crippen LogP contribution < -0.4 is 4.31 Å². The number of nitrogens with zero attached hydrogens (tertiary/aromatic N) is 1. The SMILES string of the molecule is CS(=O)(=O)N1CC2(CC2)c2ccc(Br)cc21. The number of sulfonamides is 1. The maximum absolute atomic E-state index is 11.7. The van der Waals surface area contributed by atoms with E-state index in [0.717, 1.165) is 23.0 Å². The van der Waals surface area contributed by atoms with Gasteiger partial charge in [0.25, 0.3) is 0 Å². The summed E-state index contributed by atoms with van der Waals surface area (Å²) in [6.07, 6.45) is 3.49. The maximum atomic E-state index is 11.7. The highest BCUT2D eigenvalue weighted by molar-refractivity contribution is 9.10. The zero-order chi connectivity index (χ0) is 11.6. The molecule has 0 amide bonds. The van der Waals surface area contributed by atoms with Gasteiger partial charge in [0.05, 0.1) is 11.9 Å². The van der Waals surface area contributed by atoms with Gasteiger partial charge in [-0.2, -0.15) is 0 Å². The summed E-state index contributed by atoms with van der Waals surface area (Å²) < 4.78 is 25.9. The first kappa shape index (κ1) is 10.6. The van der Waals surface area contributed by atoms with E-state index in [1.54, 1.807) is 4.31 Å². The van der Waals surface area contributed by atoms with Crippen molar-refractivity contribution in [1.82, 2.24) is 0 Å². The molecule has 0 atom stereocenters. The summed E-state index contributed by atoms with van der Waals surface area (Å²) in [7, 11) is -3.15. The number of rotatable bonds is 1. The van der Waals surface area contributed by atoms with Crippen LogP contribution in [0.4, 0.5) is 5.69 Å². The quantitative estimate of drug-likeness (QED) is 0.798. The minimum Gasteiger partial charge on any atom is -0.269 e. The fraction of sp³-hybridized carbons (Fsp3) is 0.455. The molecule has 1 saturated carbocycles. The van der Waals surface area contributed by atoms with Gasteiger partial charge in [0.2, 0.25) is 10.0 Å². The van der Waals surface area contributed by atoms with Gasteiger partial charge >= 0.3 is 0 Å². The van der Waals surface area contributed by atoms with Crippen molar-refractivity contribution >= 4 is 31.6 Å². The molecule has 1 aliphatic heterocycles. The van der Waals surface area contributed by atoms with E-state index in [9.17, 15) is 8.42 Å². The predicted molar refractivity (Wildman–Crippen MR) is 67.2 cm³/mol. The Balaban J connectivity index is 2.20. The Kier molecular flexibility index (Phi) is 2.00. The van der Waals surface area contributed by atoms with Gasteiger partial charge in [0.15, 0.2) is 0 Å². The molecule has 1 heterocycles. The third-order valence-electron chi connectivity index (χ3n) is 3.50. The summed E-state index contributed by atoms with van der Waals surface area (Å²) in [5, 5.41) is 0. The molecule has 3 rings (SSSR count). The smallest absolute Gasteiger partial charge is 0.232 e. The molecule has 1 aromatic carbocycles. The predicted octanol–water partition coefficient (Wildman–Crippen LogP) is 2.26. The average molecular weight is 302 g/mol. The Morgan fingerprint density at radius 1 is 1.38 bits per heavy atom. The third-order valence-corrected chi connectivity index (χ3v) is 5.12. The number of hydrogen-bond acceptors (Lipinski definition) is 2. The van der Waals surface area contributed by atoms with Crippen LogP contribution in [0, 0.1) is 0 Å². The van der Waals surface area contributed by atoms with Crippen LogP contribution >= 0.6 is 15.9 Å². The molecule has 2 aliphatic rings. The van der Waals surface area contributed by atoms with Crippen molar-refractivity contribution in [1.29, 1.82) is 0 Å². The second kappa shape index (κ2) is 3.01. The van der Waals surface area contributed by atoms with Gasteiger partial charge in [0.1, 0.15) is 0 Å². The maximum Gasteiger partial charge on any atom is 0.232 e. The lowest BCUT2D eigenvalue weighted by Crippen LogP contribution is -2.30. The molecule has 3 nitrogen and oxygen atoms in total. The molecule has 16 heavy (non-hydrogen) atoms. The van der Waals surface area contributed by atoms with Gasteiger partial charge in [-0.15, -0.1) is 0 Å². The monoisotopic (exact) mass is 301 g/mol. The van der Waals surface area contributed by atoms with Crippen molar-refractivity contribution in [3.63, 3.8) is 0 Å². The van der Waals surface area contributed by atoms with E-state index in [-0.39, 0.29) is 5.41 Å². The number of hydrogen-bond donors (Lipinski definition) is 0. The Morgan fingerprint density at radius 3 is 2.62 bits per heavy atom. The zero-order valence-corrected chi connectivity index (χ0v) is 11.3. The van der Waals surface area contributed by atoms with E-state index in [0.29, 0.717) is 6.54 Å². The molecule has 1 fully saturated rings. The molecular weight excluding hydrogens is 290 g/mol. The molecule has 1 aromatic rings. The summed E-state index contributed by atoms with van der Waals surface area (Å²) in [4.78, 5) is 0. The third kappa shape index (κ3) is 1.41. The molecular formula is C11H12BrNO2S. The lowest BCUT2D eigenvalue weighted by Gasteiger charge is -2.16. The van der Waals surface area contributed by atoms with Crippen LogP contribution in [0.1, 0.15) is 18.4 Å². The topological polar surface area (TPSA) is 37.4 Å². The van der Waals surface area contributed by atoms with Gasteiger partial charge in [0, 0.05) is 16.4 Å². The Hall–Kier alpha value is -0.550. The van der Waals surface area contributed by atoms with Crippen LogP contribution in [0.5, 0.6) is 0 Å². The highest BCUT2D eigenvalue weighted by atomic mass is 79.9. The Bertz CT molecular complexity index is 563. The molecule has 5 heteroatoms. The van der Waals surface area contributed by atoms with Gasteiger partial charge in [-0.05, 0) is 30.5 Å². The normalized spacial score (nSPS) is 21.2. The fourth-order valence-corrected chi connectivity index (χ4v) is 3.82. The van der Waals surface area contributed by atoms with Crippen molar-refractivity contribution in [2.24, 2.45) is 0 Å². The zero-order valence-electron chi connectivity index (χ0n) is 8.90. The number of anilines is 1. The fourth-order valence-electron chi connectivity index (χ4n) is 2.48. The van der Waals surface area contributed by atoms with Gasteiger partial charge < -0.3 is 0 Å². The number of halogens is 1. The summed E-state index contributed by atoms with van der Waals surface area (Å²) in [6, 6.07) is 5.95. The van der Waals surface area contributed by atoms with Gasteiger partial charge in [-0.1, -0.05) is 22.0 Å². The Morgan fingerprint density at radius 2 is 2.06 bits per heavy atom. The minimum atomic E-state index is -3.15. The summed E-state index contributed by atoms with van der Waals surface area (Å²) in [5.74, 6) is 0. The van der Waals surface area contributed by atoms with Crippen LogP contribution in [0.2, 0.25) is 0 Å². The van der Waals surface area contributed by atoms with Crippen LogP contribution in [-0.2, 0) is 15.4 Å². The number of fused-ring (bicyclic) bond motifs is 2. The van der Waals surface area contributed by atoms with Crippen molar-refractivity contribution in [2.45, 2.75) is 18.3 Å². The standard InChI is InChI=1S/C11H12BrNO2S/c1-16(14,15)13-7-11(4-5-11)9-3-2-8(12)6-10(9)13/h2-3,6H,4-5,7H2,1H3. The number of benzene rings is 1. The second-order valence-corrected chi connectivity index (χ2v) is 7.53. The van der Waals surface area contributed by atoms with E-state index in [4.69, 9.17) is 0 Å². The molecule has 0 N–H and O–H groups in total. The first-order valence-corrected chi connectivity index (χ1v) is 7.84. The highest BCUT2D eigenvalue weighted by Gasteiger charge is 2.53.